The Kier molecular flexibility index (Phi) is 5.24. The van der Waals surface area contributed by atoms with Gasteiger partial charge in [0.05, 0.1) is 5.69 Å². The number of halogens is 1. The van der Waals surface area contributed by atoms with Gasteiger partial charge in [-0.3, -0.25) is 0 Å². The quantitative estimate of drug-likeness (QED) is 0.838. The molecule has 108 valence electrons. The van der Waals surface area contributed by atoms with Crippen LogP contribution < -0.4 is 4.90 Å². The van der Waals surface area contributed by atoms with Crippen molar-refractivity contribution in [2.75, 3.05) is 18.0 Å². The van der Waals surface area contributed by atoms with Gasteiger partial charge in [-0.25, -0.2) is 4.79 Å². The summed E-state index contributed by atoms with van der Waals surface area (Å²) in [7, 11) is 0. The lowest BCUT2D eigenvalue weighted by atomic mass is 9.95. The predicted molar refractivity (Wildman–Crippen MR) is 86.0 cm³/mol. The molecule has 1 aromatic rings. The molecular formula is C16H20BrNO2. The number of carboxylic acid groups (broad SMARTS) is 1. The maximum absolute atomic E-state index is 10.5. The van der Waals surface area contributed by atoms with Crippen LogP contribution in [-0.4, -0.2) is 24.2 Å². The third-order valence-electron chi connectivity index (χ3n) is 3.83. The fourth-order valence-corrected chi connectivity index (χ4v) is 3.32. The van der Waals surface area contributed by atoms with E-state index in [1.165, 1.54) is 24.9 Å². The van der Waals surface area contributed by atoms with Crippen molar-refractivity contribution in [1.29, 1.82) is 0 Å². The van der Waals surface area contributed by atoms with E-state index in [1.54, 1.807) is 6.08 Å². The van der Waals surface area contributed by atoms with Crippen molar-refractivity contribution in [3.05, 3.63) is 34.3 Å². The number of hydrogen-bond acceptors (Lipinski definition) is 2. The molecular weight excluding hydrogens is 318 g/mol. The van der Waals surface area contributed by atoms with E-state index in [1.807, 2.05) is 12.1 Å². The van der Waals surface area contributed by atoms with Gasteiger partial charge >= 0.3 is 5.97 Å². The molecule has 20 heavy (non-hydrogen) atoms. The van der Waals surface area contributed by atoms with Crippen LogP contribution in [0, 0.1) is 5.92 Å². The minimum absolute atomic E-state index is 0.780. The fourth-order valence-electron chi connectivity index (χ4n) is 2.67. The second-order valence-corrected chi connectivity index (χ2v) is 6.10. The van der Waals surface area contributed by atoms with Crippen molar-refractivity contribution >= 4 is 33.7 Å². The normalized spacial score (nSPS) is 19.5. The highest BCUT2D eigenvalue weighted by Gasteiger charge is 2.20. The molecule has 1 fully saturated rings. The average Bonchev–Trinajstić information content (AvgIpc) is 2.45. The molecule has 0 saturated carbocycles. The molecule has 1 atom stereocenters. The topological polar surface area (TPSA) is 40.5 Å². The van der Waals surface area contributed by atoms with Crippen LogP contribution in [-0.2, 0) is 4.79 Å². The van der Waals surface area contributed by atoms with Crippen LogP contribution in [0.4, 0.5) is 5.69 Å². The van der Waals surface area contributed by atoms with E-state index in [0.717, 1.165) is 35.1 Å². The van der Waals surface area contributed by atoms with E-state index in [2.05, 4.69) is 33.8 Å². The zero-order chi connectivity index (χ0) is 14.5. The molecule has 1 unspecified atom stereocenters. The molecule has 1 aromatic carbocycles. The third kappa shape index (κ3) is 3.85. The number of nitrogens with zero attached hydrogens (tertiary/aromatic N) is 1. The van der Waals surface area contributed by atoms with E-state index in [0.29, 0.717) is 0 Å². The smallest absolute Gasteiger partial charge is 0.328 e. The first-order valence-corrected chi connectivity index (χ1v) is 7.85. The molecule has 1 heterocycles. The van der Waals surface area contributed by atoms with Crippen molar-refractivity contribution in [3.8, 4) is 0 Å². The first kappa shape index (κ1) is 15.1. The van der Waals surface area contributed by atoms with Crippen molar-refractivity contribution < 1.29 is 9.90 Å². The minimum Gasteiger partial charge on any atom is -0.478 e. The van der Waals surface area contributed by atoms with Gasteiger partial charge in [-0.05, 0) is 58.5 Å². The zero-order valence-corrected chi connectivity index (χ0v) is 13.3. The van der Waals surface area contributed by atoms with Crippen LogP contribution in [0.2, 0.25) is 0 Å². The number of rotatable bonds is 4. The molecule has 0 radical (unpaired) electrons. The summed E-state index contributed by atoms with van der Waals surface area (Å²) >= 11 is 3.61. The van der Waals surface area contributed by atoms with E-state index in [4.69, 9.17) is 5.11 Å². The van der Waals surface area contributed by atoms with E-state index >= 15 is 0 Å². The summed E-state index contributed by atoms with van der Waals surface area (Å²) in [5.41, 5.74) is 2.10. The molecule has 1 N–H and O–H groups in total. The standard InChI is InChI=1S/C16H20BrNO2/c1-2-12-4-3-9-18(11-12)15-7-5-13(10-14(15)17)6-8-16(19)20/h5-8,10,12H,2-4,9,11H2,1H3,(H,19,20)/b8-6+. The van der Waals surface area contributed by atoms with Crippen LogP contribution >= 0.6 is 15.9 Å². The lowest BCUT2D eigenvalue weighted by Crippen LogP contribution is -2.35. The number of carboxylic acids is 1. The Balaban J connectivity index is 2.15. The van der Waals surface area contributed by atoms with Crippen LogP contribution in [0.3, 0.4) is 0 Å². The van der Waals surface area contributed by atoms with Gasteiger partial charge in [-0.15, -0.1) is 0 Å². The van der Waals surface area contributed by atoms with Gasteiger partial charge in [0.25, 0.3) is 0 Å². The van der Waals surface area contributed by atoms with Crippen LogP contribution in [0.1, 0.15) is 31.7 Å². The Morgan fingerprint density at radius 3 is 3.00 bits per heavy atom. The lowest BCUT2D eigenvalue weighted by molar-refractivity contribution is -0.131. The molecule has 0 amide bonds. The number of piperidine rings is 1. The number of hydrogen-bond donors (Lipinski definition) is 1. The zero-order valence-electron chi connectivity index (χ0n) is 11.7. The Bertz CT molecular complexity index is 513. The van der Waals surface area contributed by atoms with Gasteiger partial charge in [0.2, 0.25) is 0 Å². The van der Waals surface area contributed by atoms with Gasteiger partial charge in [-0.2, -0.15) is 0 Å². The van der Waals surface area contributed by atoms with Crippen molar-refractivity contribution in [1.82, 2.24) is 0 Å². The van der Waals surface area contributed by atoms with Crippen LogP contribution in [0.15, 0.2) is 28.7 Å². The van der Waals surface area contributed by atoms with E-state index in [9.17, 15) is 4.79 Å². The first-order valence-electron chi connectivity index (χ1n) is 7.05. The maximum atomic E-state index is 10.5. The highest BCUT2D eigenvalue weighted by molar-refractivity contribution is 9.10. The Labute approximate surface area is 128 Å². The summed E-state index contributed by atoms with van der Waals surface area (Å²) < 4.78 is 1.03. The number of benzene rings is 1. The summed E-state index contributed by atoms with van der Waals surface area (Å²) in [6.07, 6.45) is 6.57. The molecule has 1 aliphatic rings. The molecule has 1 saturated heterocycles. The predicted octanol–water partition coefficient (Wildman–Crippen LogP) is 4.17. The highest BCUT2D eigenvalue weighted by atomic mass is 79.9. The molecule has 0 aromatic heterocycles. The van der Waals surface area contributed by atoms with E-state index in [-0.39, 0.29) is 0 Å². The fraction of sp³-hybridized carbons (Fsp3) is 0.438. The van der Waals surface area contributed by atoms with Gasteiger partial charge < -0.3 is 10.0 Å². The Hall–Kier alpha value is -1.29. The van der Waals surface area contributed by atoms with Crippen molar-refractivity contribution in [2.24, 2.45) is 5.92 Å². The first-order chi connectivity index (χ1) is 9.60. The summed E-state index contributed by atoms with van der Waals surface area (Å²) in [6.45, 7) is 4.46. The van der Waals surface area contributed by atoms with Gasteiger partial charge in [0.15, 0.2) is 0 Å². The Morgan fingerprint density at radius 1 is 1.55 bits per heavy atom. The lowest BCUT2D eigenvalue weighted by Gasteiger charge is -2.34. The van der Waals surface area contributed by atoms with Crippen LogP contribution in [0.25, 0.3) is 6.08 Å². The van der Waals surface area contributed by atoms with Gasteiger partial charge in [-0.1, -0.05) is 19.4 Å². The highest BCUT2D eigenvalue weighted by Crippen LogP contribution is 2.31. The molecule has 0 aliphatic carbocycles. The second kappa shape index (κ2) is 6.93. The summed E-state index contributed by atoms with van der Waals surface area (Å²) in [5.74, 6) is -0.144. The molecule has 1 aliphatic heterocycles. The average molecular weight is 338 g/mol. The summed E-state index contributed by atoms with van der Waals surface area (Å²) in [4.78, 5) is 13.0. The monoisotopic (exact) mass is 337 g/mol. The van der Waals surface area contributed by atoms with Gasteiger partial charge in [0, 0.05) is 23.6 Å². The Morgan fingerprint density at radius 2 is 2.35 bits per heavy atom. The SMILES string of the molecule is CCC1CCCN(c2ccc(/C=C/C(=O)O)cc2Br)C1. The number of anilines is 1. The van der Waals surface area contributed by atoms with Gasteiger partial charge in [0.1, 0.15) is 0 Å². The molecule has 3 nitrogen and oxygen atoms in total. The minimum atomic E-state index is -0.924. The third-order valence-corrected chi connectivity index (χ3v) is 4.46. The second-order valence-electron chi connectivity index (χ2n) is 5.24. The molecule has 4 heteroatoms. The van der Waals surface area contributed by atoms with Crippen molar-refractivity contribution in [2.45, 2.75) is 26.2 Å². The maximum Gasteiger partial charge on any atom is 0.328 e. The molecule has 0 bridgehead atoms. The van der Waals surface area contributed by atoms with Crippen molar-refractivity contribution in [3.63, 3.8) is 0 Å². The summed E-state index contributed by atoms with van der Waals surface area (Å²) in [6, 6.07) is 6.02. The van der Waals surface area contributed by atoms with E-state index < -0.39 is 5.97 Å². The number of carbonyl (C=O) groups is 1. The molecule has 0 spiro atoms. The molecule has 2 rings (SSSR count). The summed E-state index contributed by atoms with van der Waals surface area (Å²) in [5, 5.41) is 8.65. The largest absolute Gasteiger partial charge is 0.478 e. The number of aliphatic carboxylic acids is 1. The van der Waals surface area contributed by atoms with Crippen LogP contribution in [0.5, 0.6) is 0 Å².